The first-order valence-corrected chi connectivity index (χ1v) is 12.7. The predicted molar refractivity (Wildman–Crippen MR) is 140 cm³/mol. The molecule has 0 bridgehead atoms. The first kappa shape index (κ1) is 23.1. The molecule has 1 aliphatic heterocycles. The summed E-state index contributed by atoms with van der Waals surface area (Å²) < 4.78 is 1.68. The van der Waals surface area contributed by atoms with Crippen LogP contribution in [-0.4, -0.2) is 27.1 Å². The number of nitrogens with one attached hydrogen (secondary N) is 1. The third kappa shape index (κ3) is 4.28. The molecule has 0 radical (unpaired) electrons. The van der Waals surface area contributed by atoms with Crippen LogP contribution in [0.1, 0.15) is 41.0 Å². The fourth-order valence-electron chi connectivity index (χ4n) is 4.49. The number of carbonyl (C=O) groups is 2. The van der Waals surface area contributed by atoms with E-state index in [1.54, 1.807) is 20.9 Å². The third-order valence-electron chi connectivity index (χ3n) is 6.59. The summed E-state index contributed by atoms with van der Waals surface area (Å²) in [6, 6.07) is 21.7. The second-order valence-electron chi connectivity index (χ2n) is 9.15. The van der Waals surface area contributed by atoms with Gasteiger partial charge in [-0.3, -0.25) is 19.2 Å². The molecule has 2 aromatic heterocycles. The van der Waals surface area contributed by atoms with Gasteiger partial charge in [0.2, 0.25) is 5.91 Å². The molecular formula is C28H28N4O2S. The van der Waals surface area contributed by atoms with Gasteiger partial charge in [-0.05, 0) is 61.0 Å². The van der Waals surface area contributed by atoms with E-state index in [0.717, 1.165) is 22.6 Å². The van der Waals surface area contributed by atoms with Crippen molar-refractivity contribution in [2.75, 3.05) is 4.90 Å². The van der Waals surface area contributed by atoms with Gasteiger partial charge in [-0.25, -0.2) is 0 Å². The molecule has 0 saturated heterocycles. The molecule has 0 saturated carbocycles. The van der Waals surface area contributed by atoms with Gasteiger partial charge in [0.15, 0.2) is 0 Å². The van der Waals surface area contributed by atoms with Crippen LogP contribution in [0.4, 0.5) is 5.69 Å². The van der Waals surface area contributed by atoms with Gasteiger partial charge in [0.25, 0.3) is 5.91 Å². The predicted octanol–water partition coefficient (Wildman–Crippen LogP) is 5.22. The van der Waals surface area contributed by atoms with Crippen molar-refractivity contribution in [2.24, 2.45) is 0 Å². The molecule has 0 spiro atoms. The Morgan fingerprint density at radius 2 is 1.80 bits per heavy atom. The average Bonchev–Trinajstić information content (AvgIpc) is 3.54. The lowest BCUT2D eigenvalue weighted by Crippen LogP contribution is -2.64. The van der Waals surface area contributed by atoms with Gasteiger partial charge >= 0.3 is 0 Å². The third-order valence-corrected chi connectivity index (χ3v) is 7.48. The van der Waals surface area contributed by atoms with Crippen molar-refractivity contribution in [3.63, 3.8) is 0 Å². The fraction of sp³-hybridized carbons (Fsp3) is 0.250. The number of anilines is 1. The van der Waals surface area contributed by atoms with E-state index in [1.165, 1.54) is 11.1 Å². The summed E-state index contributed by atoms with van der Waals surface area (Å²) in [5.41, 5.74) is 4.12. The Hall–Kier alpha value is -3.71. The maximum atomic E-state index is 13.9. The number of carbonyl (C=O) groups excluding carboxylic acids is 2. The van der Waals surface area contributed by atoms with Gasteiger partial charge in [0.05, 0.1) is 11.4 Å². The summed E-state index contributed by atoms with van der Waals surface area (Å²) in [5, 5.41) is 9.76. The Morgan fingerprint density at radius 1 is 1.09 bits per heavy atom. The molecular weight excluding hydrogens is 456 g/mol. The lowest BCUT2D eigenvalue weighted by Gasteiger charge is -2.43. The molecule has 1 unspecified atom stereocenters. The molecule has 1 atom stereocenters. The van der Waals surface area contributed by atoms with Crippen molar-refractivity contribution in [3.05, 3.63) is 94.5 Å². The Labute approximate surface area is 209 Å². The Kier molecular flexibility index (Phi) is 6.03. The largest absolute Gasteiger partial charge is 0.350 e. The van der Waals surface area contributed by atoms with E-state index in [4.69, 9.17) is 5.10 Å². The average molecular weight is 485 g/mol. The molecule has 0 aliphatic carbocycles. The van der Waals surface area contributed by atoms with Gasteiger partial charge in [0.1, 0.15) is 16.9 Å². The molecule has 3 heterocycles. The van der Waals surface area contributed by atoms with Crippen LogP contribution in [0.15, 0.2) is 72.1 Å². The molecule has 6 nitrogen and oxygen atoms in total. The molecule has 1 N–H and O–H groups in total. The lowest BCUT2D eigenvalue weighted by molar-refractivity contribution is -0.126. The van der Waals surface area contributed by atoms with E-state index in [2.05, 4.69) is 12.2 Å². The Bertz CT molecular complexity index is 1360. The van der Waals surface area contributed by atoms with Gasteiger partial charge in [-0.2, -0.15) is 5.10 Å². The normalized spacial score (nSPS) is 17.3. The van der Waals surface area contributed by atoms with Crippen molar-refractivity contribution in [1.29, 1.82) is 0 Å². The van der Waals surface area contributed by atoms with Gasteiger partial charge in [0, 0.05) is 12.2 Å². The van der Waals surface area contributed by atoms with Crippen molar-refractivity contribution >= 4 is 28.8 Å². The number of fused-ring (bicyclic) bond motifs is 1. The highest BCUT2D eigenvalue weighted by Gasteiger charge is 2.48. The summed E-state index contributed by atoms with van der Waals surface area (Å²) in [6.45, 7) is 6.59. The smallest absolute Gasteiger partial charge is 0.277 e. The Balaban J connectivity index is 1.52. The molecule has 4 aromatic rings. The number of aromatic nitrogens is 2. The highest BCUT2D eigenvalue weighted by Crippen LogP contribution is 2.35. The van der Waals surface area contributed by atoms with Crippen LogP contribution in [0.25, 0.3) is 10.6 Å². The second-order valence-corrected chi connectivity index (χ2v) is 10.1. The molecule has 2 aromatic carbocycles. The van der Waals surface area contributed by atoms with Crippen molar-refractivity contribution < 1.29 is 9.59 Å². The van der Waals surface area contributed by atoms with E-state index >= 15 is 0 Å². The van der Waals surface area contributed by atoms with Crippen LogP contribution in [0.3, 0.4) is 0 Å². The minimum absolute atomic E-state index is 0.218. The number of thiophene rings is 1. The maximum Gasteiger partial charge on any atom is 0.277 e. The van der Waals surface area contributed by atoms with E-state index < -0.39 is 5.54 Å². The number of hydrogen-bond donors (Lipinski definition) is 1. The minimum Gasteiger partial charge on any atom is -0.350 e. The summed E-state index contributed by atoms with van der Waals surface area (Å²) in [4.78, 5) is 30.2. The van der Waals surface area contributed by atoms with Crippen LogP contribution in [0.2, 0.25) is 0 Å². The molecule has 178 valence electrons. The second kappa shape index (κ2) is 9.15. The summed E-state index contributed by atoms with van der Waals surface area (Å²) >= 11 is 1.57. The number of aryl methyl sites for hydroxylation is 2. The molecule has 2 amide bonds. The molecule has 5 rings (SSSR count). The molecule has 7 heteroatoms. The summed E-state index contributed by atoms with van der Waals surface area (Å²) in [5.74, 6) is -0.450. The quantitative estimate of drug-likeness (QED) is 0.408. The molecule has 0 fully saturated rings. The highest BCUT2D eigenvalue weighted by molar-refractivity contribution is 7.13. The summed E-state index contributed by atoms with van der Waals surface area (Å²) in [6.07, 6.45) is 0.902. The van der Waals surface area contributed by atoms with Crippen molar-refractivity contribution in [1.82, 2.24) is 15.1 Å². The zero-order valence-corrected chi connectivity index (χ0v) is 20.9. The van der Waals surface area contributed by atoms with Gasteiger partial charge in [-0.1, -0.05) is 55.0 Å². The van der Waals surface area contributed by atoms with E-state index in [0.29, 0.717) is 17.9 Å². The summed E-state index contributed by atoms with van der Waals surface area (Å²) in [7, 11) is 0. The van der Waals surface area contributed by atoms with Crippen LogP contribution in [-0.2, 0) is 24.3 Å². The molecule has 1 aliphatic rings. The maximum absolute atomic E-state index is 13.9. The molecule has 35 heavy (non-hydrogen) atoms. The van der Waals surface area contributed by atoms with Crippen molar-refractivity contribution in [3.8, 4) is 10.6 Å². The number of hydrogen-bond acceptors (Lipinski definition) is 4. The Morgan fingerprint density at radius 3 is 2.46 bits per heavy atom. The number of benzene rings is 2. The number of amides is 2. The lowest BCUT2D eigenvalue weighted by atomic mass is 9.93. The van der Waals surface area contributed by atoms with E-state index in [1.807, 2.05) is 86.0 Å². The van der Waals surface area contributed by atoms with Gasteiger partial charge < -0.3 is 5.32 Å². The minimum atomic E-state index is -1.15. The standard InChI is InChI=1S/C28H28N4O2S/c1-4-20-11-13-22(14-12-20)32-26(33)24-16-23(25-6-5-15-35-25)30-31(24)18-28(32,3)27(34)29-17-21-9-7-19(2)8-10-21/h5-16H,4,17-18H2,1-3H3,(H,29,34). The van der Waals surface area contributed by atoms with E-state index in [-0.39, 0.29) is 18.4 Å². The van der Waals surface area contributed by atoms with E-state index in [9.17, 15) is 9.59 Å². The van der Waals surface area contributed by atoms with Crippen LogP contribution < -0.4 is 10.2 Å². The van der Waals surface area contributed by atoms with Crippen molar-refractivity contribution in [2.45, 2.75) is 45.8 Å². The zero-order chi connectivity index (χ0) is 24.6. The van der Waals surface area contributed by atoms with Crippen LogP contribution in [0, 0.1) is 6.92 Å². The number of rotatable bonds is 6. The monoisotopic (exact) mass is 484 g/mol. The zero-order valence-electron chi connectivity index (χ0n) is 20.1. The SMILES string of the molecule is CCc1ccc(N2C(=O)c3cc(-c4cccs4)nn3CC2(C)C(=O)NCc2ccc(C)cc2)cc1. The van der Waals surface area contributed by atoms with Crippen LogP contribution >= 0.6 is 11.3 Å². The van der Waals surface area contributed by atoms with Gasteiger partial charge in [-0.15, -0.1) is 11.3 Å². The van der Waals surface area contributed by atoms with Crippen LogP contribution in [0.5, 0.6) is 0 Å². The fourth-order valence-corrected chi connectivity index (χ4v) is 5.17. The topological polar surface area (TPSA) is 67.2 Å². The highest BCUT2D eigenvalue weighted by atomic mass is 32.1. The number of nitrogens with zero attached hydrogens (tertiary/aromatic N) is 3. The first-order chi connectivity index (χ1) is 16.9. The first-order valence-electron chi connectivity index (χ1n) is 11.8.